The Balaban J connectivity index is 1.86. The molecule has 2 aromatic carbocycles. The Labute approximate surface area is 148 Å². The average Bonchev–Trinajstić information content (AvgIpc) is 2.59. The fraction of sp³-hybridized carbons (Fsp3) is 0.300. The molecule has 0 aliphatic heterocycles. The highest BCUT2D eigenvalue weighted by Crippen LogP contribution is 2.21. The number of esters is 1. The summed E-state index contributed by atoms with van der Waals surface area (Å²) in [6, 6.07) is 17.6. The minimum absolute atomic E-state index is 0.00677. The van der Waals surface area contributed by atoms with E-state index in [1.165, 1.54) is 0 Å². The number of ether oxygens (including phenoxy) is 2. The van der Waals surface area contributed by atoms with Gasteiger partial charge in [-0.05, 0) is 31.0 Å². The smallest absolute Gasteiger partial charge is 0.344 e. The summed E-state index contributed by atoms with van der Waals surface area (Å²) in [6.45, 7) is 3.14. The van der Waals surface area contributed by atoms with Crippen LogP contribution in [0.25, 0.3) is 0 Å². The van der Waals surface area contributed by atoms with Crippen molar-refractivity contribution in [1.29, 1.82) is 0 Å². The molecule has 0 atom stereocenters. The van der Waals surface area contributed by atoms with Crippen molar-refractivity contribution in [2.24, 2.45) is 0 Å². The van der Waals surface area contributed by atoms with Gasteiger partial charge in [-0.2, -0.15) is 0 Å². The number of para-hydroxylation sites is 1. The number of carbonyl (C=O) groups excluding carboxylic acids is 2. The van der Waals surface area contributed by atoms with Crippen LogP contribution in [0.4, 0.5) is 0 Å². The number of nitrogens with one attached hydrogen (secondary N) is 1. The first-order valence-corrected chi connectivity index (χ1v) is 8.24. The highest BCUT2D eigenvalue weighted by atomic mass is 16.6. The SMILES string of the molecule is CC(C)NC(=O)COC(=O)COc1ccccc1Cc1ccccc1. The van der Waals surface area contributed by atoms with Crippen molar-refractivity contribution >= 4 is 11.9 Å². The van der Waals surface area contributed by atoms with Crippen LogP contribution in [0.5, 0.6) is 5.75 Å². The molecule has 0 fully saturated rings. The molecule has 2 rings (SSSR count). The van der Waals surface area contributed by atoms with Crippen molar-refractivity contribution in [3.05, 3.63) is 65.7 Å². The van der Waals surface area contributed by atoms with Gasteiger partial charge in [0.15, 0.2) is 13.2 Å². The lowest BCUT2D eigenvalue weighted by molar-refractivity contribution is -0.150. The zero-order valence-electron chi connectivity index (χ0n) is 14.5. The molecule has 0 spiro atoms. The fourth-order valence-corrected chi connectivity index (χ4v) is 2.29. The molecule has 0 bridgehead atoms. The molecule has 0 radical (unpaired) electrons. The zero-order chi connectivity index (χ0) is 18.1. The molecule has 5 heteroatoms. The molecule has 0 heterocycles. The Kier molecular flexibility index (Phi) is 7.01. The van der Waals surface area contributed by atoms with Gasteiger partial charge in [-0.3, -0.25) is 4.79 Å². The van der Waals surface area contributed by atoms with Gasteiger partial charge in [0.2, 0.25) is 0 Å². The summed E-state index contributed by atoms with van der Waals surface area (Å²) in [7, 11) is 0. The summed E-state index contributed by atoms with van der Waals surface area (Å²) in [5, 5.41) is 2.65. The first-order chi connectivity index (χ1) is 12.0. The van der Waals surface area contributed by atoms with Crippen molar-refractivity contribution in [1.82, 2.24) is 5.32 Å². The van der Waals surface area contributed by atoms with Crippen molar-refractivity contribution in [2.75, 3.05) is 13.2 Å². The van der Waals surface area contributed by atoms with Gasteiger partial charge in [-0.25, -0.2) is 4.79 Å². The van der Waals surface area contributed by atoms with Crippen molar-refractivity contribution in [3.63, 3.8) is 0 Å². The second-order valence-electron chi connectivity index (χ2n) is 5.94. The standard InChI is InChI=1S/C20H23NO4/c1-15(2)21-19(22)13-25-20(23)14-24-18-11-7-6-10-17(18)12-16-8-4-3-5-9-16/h3-11,15H,12-14H2,1-2H3,(H,21,22). The lowest BCUT2D eigenvalue weighted by Gasteiger charge is -2.12. The van der Waals surface area contributed by atoms with Crippen LogP contribution in [0.1, 0.15) is 25.0 Å². The molecular weight excluding hydrogens is 318 g/mol. The van der Waals surface area contributed by atoms with E-state index in [0.717, 1.165) is 11.1 Å². The molecule has 1 amide bonds. The Morgan fingerprint density at radius 2 is 1.64 bits per heavy atom. The van der Waals surface area contributed by atoms with Crippen molar-refractivity contribution in [3.8, 4) is 5.75 Å². The number of amides is 1. The van der Waals surface area contributed by atoms with E-state index >= 15 is 0 Å². The highest BCUT2D eigenvalue weighted by molar-refractivity contribution is 5.81. The van der Waals surface area contributed by atoms with Gasteiger partial charge in [-0.1, -0.05) is 48.5 Å². The third-order valence-electron chi connectivity index (χ3n) is 3.37. The van der Waals surface area contributed by atoms with E-state index in [9.17, 15) is 9.59 Å². The van der Waals surface area contributed by atoms with E-state index in [0.29, 0.717) is 12.2 Å². The second-order valence-corrected chi connectivity index (χ2v) is 5.94. The molecule has 2 aromatic rings. The Hall–Kier alpha value is -2.82. The predicted octanol–water partition coefficient (Wildman–Crippen LogP) is 2.72. The molecule has 1 N–H and O–H groups in total. The van der Waals surface area contributed by atoms with E-state index in [2.05, 4.69) is 5.32 Å². The van der Waals surface area contributed by atoms with Crippen LogP contribution in [0, 0.1) is 0 Å². The first-order valence-electron chi connectivity index (χ1n) is 8.24. The first kappa shape index (κ1) is 18.5. The fourth-order valence-electron chi connectivity index (χ4n) is 2.29. The van der Waals surface area contributed by atoms with Gasteiger partial charge in [0.05, 0.1) is 0 Å². The number of benzene rings is 2. The summed E-state index contributed by atoms with van der Waals surface area (Å²) >= 11 is 0. The number of carbonyl (C=O) groups is 2. The topological polar surface area (TPSA) is 64.6 Å². The summed E-state index contributed by atoms with van der Waals surface area (Å²) < 4.78 is 10.5. The summed E-state index contributed by atoms with van der Waals surface area (Å²) in [5.41, 5.74) is 2.14. The summed E-state index contributed by atoms with van der Waals surface area (Å²) in [5.74, 6) is -0.267. The summed E-state index contributed by atoms with van der Waals surface area (Å²) in [4.78, 5) is 23.2. The monoisotopic (exact) mass is 341 g/mol. The molecule has 5 nitrogen and oxygen atoms in total. The Morgan fingerprint density at radius 1 is 0.960 bits per heavy atom. The van der Waals surface area contributed by atoms with E-state index in [1.807, 2.05) is 68.4 Å². The van der Waals surface area contributed by atoms with Crippen LogP contribution in [-0.2, 0) is 20.7 Å². The van der Waals surface area contributed by atoms with Crippen LogP contribution >= 0.6 is 0 Å². The van der Waals surface area contributed by atoms with Gasteiger partial charge in [0.1, 0.15) is 5.75 Å². The van der Waals surface area contributed by atoms with E-state index in [1.54, 1.807) is 0 Å². The van der Waals surface area contributed by atoms with Gasteiger partial charge in [0.25, 0.3) is 5.91 Å². The molecule has 0 saturated heterocycles. The molecule has 0 aliphatic carbocycles. The largest absolute Gasteiger partial charge is 0.482 e. The normalized spacial score (nSPS) is 10.4. The molecule has 132 valence electrons. The maximum absolute atomic E-state index is 11.7. The third-order valence-corrected chi connectivity index (χ3v) is 3.37. The van der Waals surface area contributed by atoms with Gasteiger partial charge >= 0.3 is 5.97 Å². The second kappa shape index (κ2) is 9.47. The predicted molar refractivity (Wildman–Crippen MR) is 95.4 cm³/mol. The number of hydrogen-bond acceptors (Lipinski definition) is 4. The molecular formula is C20H23NO4. The maximum atomic E-state index is 11.7. The zero-order valence-corrected chi connectivity index (χ0v) is 14.5. The molecule has 0 aliphatic rings. The van der Waals surface area contributed by atoms with E-state index in [4.69, 9.17) is 9.47 Å². The number of hydrogen-bond donors (Lipinski definition) is 1. The van der Waals surface area contributed by atoms with Crippen LogP contribution in [0.2, 0.25) is 0 Å². The van der Waals surface area contributed by atoms with E-state index in [-0.39, 0.29) is 25.2 Å². The molecule has 0 unspecified atom stereocenters. The van der Waals surface area contributed by atoms with Gasteiger partial charge in [0, 0.05) is 12.5 Å². The number of rotatable bonds is 8. The molecule has 25 heavy (non-hydrogen) atoms. The lowest BCUT2D eigenvalue weighted by Crippen LogP contribution is -2.34. The van der Waals surface area contributed by atoms with Gasteiger partial charge < -0.3 is 14.8 Å². The van der Waals surface area contributed by atoms with Gasteiger partial charge in [-0.15, -0.1) is 0 Å². The Morgan fingerprint density at radius 3 is 2.36 bits per heavy atom. The molecule has 0 aromatic heterocycles. The highest BCUT2D eigenvalue weighted by Gasteiger charge is 2.11. The van der Waals surface area contributed by atoms with E-state index < -0.39 is 5.97 Å². The quantitative estimate of drug-likeness (QED) is 0.750. The lowest BCUT2D eigenvalue weighted by atomic mass is 10.0. The maximum Gasteiger partial charge on any atom is 0.344 e. The third kappa shape index (κ3) is 6.67. The summed E-state index contributed by atoms with van der Waals surface area (Å²) in [6.07, 6.45) is 0.711. The van der Waals surface area contributed by atoms with Crippen LogP contribution in [0.3, 0.4) is 0 Å². The van der Waals surface area contributed by atoms with Crippen molar-refractivity contribution in [2.45, 2.75) is 26.3 Å². The Bertz CT molecular complexity index is 698. The van der Waals surface area contributed by atoms with Crippen LogP contribution < -0.4 is 10.1 Å². The minimum atomic E-state index is -0.576. The van der Waals surface area contributed by atoms with Crippen LogP contribution in [-0.4, -0.2) is 31.1 Å². The molecule has 0 saturated carbocycles. The van der Waals surface area contributed by atoms with Crippen LogP contribution in [0.15, 0.2) is 54.6 Å². The minimum Gasteiger partial charge on any atom is -0.482 e. The van der Waals surface area contributed by atoms with Crippen molar-refractivity contribution < 1.29 is 19.1 Å². The average molecular weight is 341 g/mol.